The molecule has 4 heteroatoms. The number of nitrogens with zero attached hydrogens (tertiary/aromatic N) is 4. The number of hydrogen-bond donors (Lipinski definition) is 0. The normalized spacial score (nSPS) is 15.6. The summed E-state index contributed by atoms with van der Waals surface area (Å²) in [5.41, 5.74) is 1.90. The Hall–Kier alpha value is -2.56. The molecule has 104 valence electrons. The molecule has 0 unspecified atom stereocenters. The molecule has 1 aliphatic rings. The molecular formula is C17H16N4. The van der Waals surface area contributed by atoms with Crippen LogP contribution in [-0.4, -0.2) is 37.6 Å². The molecule has 0 saturated carbocycles. The molecule has 3 rings (SSSR count). The van der Waals surface area contributed by atoms with Crippen LogP contribution >= 0.6 is 0 Å². The lowest BCUT2D eigenvalue weighted by molar-refractivity contribution is 0.287. The van der Waals surface area contributed by atoms with E-state index in [1.807, 2.05) is 30.3 Å². The molecule has 1 fully saturated rings. The molecule has 1 saturated heterocycles. The van der Waals surface area contributed by atoms with Crippen molar-refractivity contribution in [1.29, 1.82) is 10.5 Å². The first kappa shape index (κ1) is 13.4. The van der Waals surface area contributed by atoms with Gasteiger partial charge in [0.05, 0.1) is 24.2 Å². The number of hydrogen-bond acceptors (Lipinski definition) is 4. The smallest absolute Gasteiger partial charge is 0.0998 e. The van der Waals surface area contributed by atoms with Gasteiger partial charge in [0.25, 0.3) is 0 Å². The maximum atomic E-state index is 9.23. The molecule has 1 heterocycles. The SMILES string of the molecule is N#CCN1CCN(c2ccc(C#N)c3ccccc23)CC1. The van der Waals surface area contributed by atoms with Gasteiger partial charge < -0.3 is 4.90 Å². The van der Waals surface area contributed by atoms with Crippen LogP contribution in [0.4, 0.5) is 5.69 Å². The van der Waals surface area contributed by atoms with Crippen LogP contribution in [0.2, 0.25) is 0 Å². The summed E-state index contributed by atoms with van der Waals surface area (Å²) >= 11 is 0. The molecule has 1 aliphatic heterocycles. The van der Waals surface area contributed by atoms with Gasteiger partial charge in [0.15, 0.2) is 0 Å². The minimum Gasteiger partial charge on any atom is -0.368 e. The van der Waals surface area contributed by atoms with Crippen LogP contribution in [-0.2, 0) is 0 Å². The van der Waals surface area contributed by atoms with E-state index in [2.05, 4.69) is 28.0 Å². The topological polar surface area (TPSA) is 54.1 Å². The summed E-state index contributed by atoms with van der Waals surface area (Å²) in [6.45, 7) is 4.14. The zero-order valence-electron chi connectivity index (χ0n) is 11.8. The third-order valence-electron chi connectivity index (χ3n) is 4.03. The molecule has 0 atom stereocenters. The summed E-state index contributed by atoms with van der Waals surface area (Å²) in [5, 5.41) is 20.1. The molecule has 4 nitrogen and oxygen atoms in total. The quantitative estimate of drug-likeness (QED) is 0.790. The number of fused-ring (bicyclic) bond motifs is 1. The molecule has 2 aromatic rings. The largest absolute Gasteiger partial charge is 0.368 e. The van der Waals surface area contributed by atoms with Crippen molar-refractivity contribution in [1.82, 2.24) is 4.90 Å². The average Bonchev–Trinajstić information content (AvgIpc) is 2.55. The van der Waals surface area contributed by atoms with E-state index in [0.29, 0.717) is 6.54 Å². The van der Waals surface area contributed by atoms with Crippen molar-refractivity contribution < 1.29 is 0 Å². The van der Waals surface area contributed by atoms with Crippen LogP contribution < -0.4 is 4.90 Å². The van der Waals surface area contributed by atoms with E-state index in [1.165, 1.54) is 5.69 Å². The molecule has 0 aromatic heterocycles. The van der Waals surface area contributed by atoms with E-state index >= 15 is 0 Å². The average molecular weight is 276 g/mol. The zero-order chi connectivity index (χ0) is 14.7. The number of piperazine rings is 1. The number of anilines is 1. The van der Waals surface area contributed by atoms with E-state index in [1.54, 1.807) is 0 Å². The third kappa shape index (κ3) is 2.54. The van der Waals surface area contributed by atoms with Gasteiger partial charge in [-0.1, -0.05) is 24.3 Å². The van der Waals surface area contributed by atoms with Gasteiger partial charge in [0.1, 0.15) is 0 Å². The van der Waals surface area contributed by atoms with Crippen LogP contribution in [0.5, 0.6) is 0 Å². The second-order valence-corrected chi connectivity index (χ2v) is 5.21. The van der Waals surface area contributed by atoms with Crippen LogP contribution in [0.15, 0.2) is 36.4 Å². The predicted molar refractivity (Wildman–Crippen MR) is 82.9 cm³/mol. The maximum Gasteiger partial charge on any atom is 0.0998 e. The summed E-state index contributed by atoms with van der Waals surface area (Å²) in [5.74, 6) is 0. The Kier molecular flexibility index (Phi) is 3.73. The Morgan fingerprint density at radius 3 is 2.29 bits per heavy atom. The molecule has 0 N–H and O–H groups in total. The molecular weight excluding hydrogens is 260 g/mol. The van der Waals surface area contributed by atoms with Crippen LogP contribution in [0.3, 0.4) is 0 Å². The standard InChI is InChI=1S/C17H16N4/c18-7-8-20-9-11-21(12-10-20)17-6-5-14(13-19)15-3-1-2-4-16(15)17/h1-6H,8-12H2. The Labute approximate surface area is 124 Å². The molecule has 21 heavy (non-hydrogen) atoms. The second-order valence-electron chi connectivity index (χ2n) is 5.21. The Morgan fingerprint density at radius 2 is 1.62 bits per heavy atom. The Balaban J connectivity index is 1.93. The Bertz CT molecular complexity index is 731. The van der Waals surface area contributed by atoms with Crippen LogP contribution in [0, 0.1) is 22.7 Å². The first-order valence-corrected chi connectivity index (χ1v) is 7.09. The van der Waals surface area contributed by atoms with E-state index in [4.69, 9.17) is 5.26 Å². The lowest BCUT2D eigenvalue weighted by Gasteiger charge is -2.35. The van der Waals surface area contributed by atoms with Crippen molar-refractivity contribution in [2.24, 2.45) is 0 Å². The fraction of sp³-hybridized carbons (Fsp3) is 0.294. The summed E-state index contributed by atoms with van der Waals surface area (Å²) in [4.78, 5) is 4.51. The van der Waals surface area contributed by atoms with Gasteiger partial charge in [0, 0.05) is 42.6 Å². The highest BCUT2D eigenvalue weighted by Gasteiger charge is 2.18. The molecule has 0 radical (unpaired) electrons. The van der Waals surface area contributed by atoms with Gasteiger partial charge in [-0.15, -0.1) is 0 Å². The van der Waals surface area contributed by atoms with Gasteiger partial charge in [-0.05, 0) is 12.1 Å². The van der Waals surface area contributed by atoms with Gasteiger partial charge in [0.2, 0.25) is 0 Å². The first-order valence-electron chi connectivity index (χ1n) is 7.09. The van der Waals surface area contributed by atoms with Crippen molar-refractivity contribution in [2.75, 3.05) is 37.6 Å². The highest BCUT2D eigenvalue weighted by atomic mass is 15.3. The monoisotopic (exact) mass is 276 g/mol. The Morgan fingerprint density at radius 1 is 0.905 bits per heavy atom. The summed E-state index contributed by atoms with van der Waals surface area (Å²) in [6, 6.07) is 16.5. The van der Waals surface area contributed by atoms with E-state index in [0.717, 1.165) is 42.5 Å². The van der Waals surface area contributed by atoms with Crippen molar-refractivity contribution in [3.05, 3.63) is 42.0 Å². The highest BCUT2D eigenvalue weighted by molar-refractivity contribution is 5.97. The van der Waals surface area contributed by atoms with Gasteiger partial charge in [-0.3, -0.25) is 4.90 Å². The molecule has 2 aromatic carbocycles. The molecule has 0 aliphatic carbocycles. The summed E-state index contributed by atoms with van der Waals surface area (Å²) in [7, 11) is 0. The van der Waals surface area contributed by atoms with E-state index < -0.39 is 0 Å². The number of benzene rings is 2. The number of rotatable bonds is 2. The third-order valence-corrected chi connectivity index (χ3v) is 4.03. The van der Waals surface area contributed by atoms with Crippen LogP contribution in [0.1, 0.15) is 5.56 Å². The summed E-state index contributed by atoms with van der Waals surface area (Å²) < 4.78 is 0. The fourth-order valence-corrected chi connectivity index (χ4v) is 2.90. The van der Waals surface area contributed by atoms with E-state index in [9.17, 15) is 5.26 Å². The maximum absolute atomic E-state index is 9.23. The lowest BCUT2D eigenvalue weighted by atomic mass is 10.0. The summed E-state index contributed by atoms with van der Waals surface area (Å²) in [6.07, 6.45) is 0. The van der Waals surface area contributed by atoms with E-state index in [-0.39, 0.29) is 0 Å². The molecule has 0 bridgehead atoms. The van der Waals surface area contributed by atoms with Crippen molar-refractivity contribution in [3.8, 4) is 12.1 Å². The van der Waals surface area contributed by atoms with Gasteiger partial charge in [-0.25, -0.2) is 0 Å². The van der Waals surface area contributed by atoms with Crippen LogP contribution in [0.25, 0.3) is 10.8 Å². The van der Waals surface area contributed by atoms with Gasteiger partial charge in [-0.2, -0.15) is 10.5 Å². The molecule has 0 spiro atoms. The van der Waals surface area contributed by atoms with Gasteiger partial charge >= 0.3 is 0 Å². The first-order chi connectivity index (χ1) is 10.3. The predicted octanol–water partition coefficient (Wildman–Crippen LogP) is 2.36. The van der Waals surface area contributed by atoms with Crippen molar-refractivity contribution in [2.45, 2.75) is 0 Å². The van der Waals surface area contributed by atoms with Crippen molar-refractivity contribution >= 4 is 16.5 Å². The minimum absolute atomic E-state index is 0.502. The second kappa shape index (κ2) is 5.83. The van der Waals surface area contributed by atoms with Crippen molar-refractivity contribution in [3.63, 3.8) is 0 Å². The zero-order valence-corrected chi connectivity index (χ0v) is 11.8. The minimum atomic E-state index is 0.502. The fourth-order valence-electron chi connectivity index (χ4n) is 2.90. The molecule has 0 amide bonds. The lowest BCUT2D eigenvalue weighted by Crippen LogP contribution is -2.46. The number of nitriles is 2. The highest BCUT2D eigenvalue weighted by Crippen LogP contribution is 2.29.